The quantitative estimate of drug-likeness (QED) is 0.939. The number of hydrogen-bond donors (Lipinski definition) is 1. The number of hydrogen-bond acceptors (Lipinski definition) is 4. The van der Waals surface area contributed by atoms with E-state index in [0.717, 1.165) is 17.0 Å². The molecule has 1 atom stereocenters. The fraction of sp³-hybridized carbons (Fsp3) is 0.250. The molecule has 118 valence electrons. The topological polar surface area (TPSA) is 69.3 Å². The molecule has 1 N–H and O–H groups in total. The van der Waals surface area contributed by atoms with Crippen molar-refractivity contribution in [1.82, 2.24) is 5.32 Å². The molecule has 0 saturated carbocycles. The number of benzene rings is 1. The Hall–Kier alpha value is -2.72. The Morgan fingerprint density at radius 2 is 2.04 bits per heavy atom. The van der Waals surface area contributed by atoms with Crippen LogP contribution in [-0.4, -0.2) is 18.5 Å². The van der Waals surface area contributed by atoms with E-state index in [0.29, 0.717) is 12.3 Å². The van der Waals surface area contributed by atoms with Gasteiger partial charge in [0, 0.05) is 19.0 Å². The molecule has 1 aliphatic rings. The molecule has 7 heteroatoms. The molecule has 3 rings (SSSR count). The van der Waals surface area contributed by atoms with Crippen LogP contribution in [0.3, 0.4) is 0 Å². The van der Waals surface area contributed by atoms with Gasteiger partial charge in [0.25, 0.3) is 0 Å². The number of nitrogens with one attached hydrogen (secondary N) is 1. The van der Waals surface area contributed by atoms with Crippen molar-refractivity contribution >= 4 is 11.6 Å². The second-order valence-electron chi connectivity index (χ2n) is 5.23. The Morgan fingerprint density at radius 3 is 2.70 bits per heavy atom. The number of carbonyl (C=O) groups excluding carboxylic acids is 1. The van der Waals surface area contributed by atoms with Gasteiger partial charge in [-0.3, -0.25) is 4.79 Å². The van der Waals surface area contributed by atoms with Gasteiger partial charge in [-0.05, 0) is 24.3 Å². The normalized spacial score (nSPS) is 17.5. The lowest BCUT2D eigenvalue weighted by Gasteiger charge is -2.18. The Morgan fingerprint density at radius 1 is 1.30 bits per heavy atom. The second-order valence-corrected chi connectivity index (χ2v) is 5.23. The Balaban J connectivity index is 1.67. The van der Waals surface area contributed by atoms with Gasteiger partial charge in [0.2, 0.25) is 11.7 Å². The molecule has 1 unspecified atom stereocenters. The first-order chi connectivity index (χ1) is 11.1. The van der Waals surface area contributed by atoms with Gasteiger partial charge in [-0.2, -0.15) is 5.26 Å². The summed E-state index contributed by atoms with van der Waals surface area (Å²) in [5.74, 6) is -1.10. The zero-order chi connectivity index (χ0) is 16.4. The van der Waals surface area contributed by atoms with Crippen molar-refractivity contribution in [3.8, 4) is 6.07 Å². The molecule has 0 radical (unpaired) electrons. The number of carbonyl (C=O) groups is 1. The number of rotatable bonds is 4. The van der Waals surface area contributed by atoms with Crippen LogP contribution in [0.2, 0.25) is 0 Å². The van der Waals surface area contributed by atoms with Crippen molar-refractivity contribution in [3.63, 3.8) is 0 Å². The van der Waals surface area contributed by atoms with Gasteiger partial charge in [-0.25, -0.2) is 8.78 Å². The van der Waals surface area contributed by atoms with Crippen LogP contribution in [-0.2, 0) is 11.3 Å². The van der Waals surface area contributed by atoms with Gasteiger partial charge in [0.1, 0.15) is 29.2 Å². The van der Waals surface area contributed by atoms with E-state index in [1.54, 1.807) is 12.1 Å². The number of nitrogens with zero attached hydrogens (tertiary/aromatic N) is 2. The fourth-order valence-corrected chi connectivity index (χ4v) is 2.59. The average Bonchev–Trinajstić information content (AvgIpc) is 3.12. The summed E-state index contributed by atoms with van der Waals surface area (Å²) in [6.07, 6.45) is 0.138. The summed E-state index contributed by atoms with van der Waals surface area (Å²) in [6.45, 7) is 0.496. The van der Waals surface area contributed by atoms with E-state index in [1.807, 2.05) is 6.07 Å². The summed E-state index contributed by atoms with van der Waals surface area (Å²) in [6, 6.07) is 8.35. The Labute approximate surface area is 131 Å². The number of nitriles is 1. The van der Waals surface area contributed by atoms with E-state index in [-0.39, 0.29) is 36.4 Å². The number of halogens is 2. The zero-order valence-electron chi connectivity index (χ0n) is 12.1. The Bertz CT molecular complexity index is 762. The lowest BCUT2D eigenvalue weighted by atomic mass is 10.2. The highest BCUT2D eigenvalue weighted by Gasteiger charge is 2.33. The van der Waals surface area contributed by atoms with Crippen molar-refractivity contribution in [1.29, 1.82) is 5.26 Å². The van der Waals surface area contributed by atoms with Gasteiger partial charge in [-0.1, -0.05) is 6.07 Å². The zero-order valence-corrected chi connectivity index (χ0v) is 12.1. The number of anilines is 1. The Kier molecular flexibility index (Phi) is 4.08. The minimum absolute atomic E-state index is 0.138. The average molecular weight is 317 g/mol. The maximum atomic E-state index is 13.8. The van der Waals surface area contributed by atoms with E-state index in [2.05, 4.69) is 5.32 Å². The molecule has 0 spiro atoms. The van der Waals surface area contributed by atoms with E-state index < -0.39 is 11.6 Å². The van der Waals surface area contributed by atoms with E-state index >= 15 is 0 Å². The lowest BCUT2D eigenvalue weighted by molar-refractivity contribution is -0.117. The predicted octanol–water partition coefficient (Wildman–Crippen LogP) is 2.32. The largest absolute Gasteiger partial charge is 0.449 e. The van der Waals surface area contributed by atoms with Crippen LogP contribution in [0.5, 0.6) is 0 Å². The molecule has 1 saturated heterocycles. The second kappa shape index (κ2) is 6.18. The monoisotopic (exact) mass is 317 g/mol. The standard InChI is InChI=1S/C16H13F2N3O2/c17-13-2-1-3-14(18)16(13)21-9-10(6-15(21)22)20-8-12-5-4-11(7-19)23-12/h1-5,10,20H,6,8-9H2. The van der Waals surface area contributed by atoms with Gasteiger partial charge < -0.3 is 14.6 Å². The molecular weight excluding hydrogens is 304 g/mol. The van der Waals surface area contributed by atoms with Crippen molar-refractivity contribution in [2.24, 2.45) is 0 Å². The molecule has 1 aliphatic heterocycles. The SMILES string of the molecule is N#Cc1ccc(CNC2CC(=O)N(c3c(F)cccc3F)C2)o1. The third-order valence-electron chi connectivity index (χ3n) is 3.67. The van der Waals surface area contributed by atoms with Gasteiger partial charge in [0.15, 0.2) is 0 Å². The minimum atomic E-state index is -0.760. The van der Waals surface area contributed by atoms with Crippen molar-refractivity contribution in [3.05, 3.63) is 53.5 Å². The van der Waals surface area contributed by atoms with Crippen LogP contribution >= 0.6 is 0 Å². The summed E-state index contributed by atoms with van der Waals surface area (Å²) < 4.78 is 32.8. The van der Waals surface area contributed by atoms with E-state index in [9.17, 15) is 13.6 Å². The number of furan rings is 1. The molecule has 2 heterocycles. The van der Waals surface area contributed by atoms with Gasteiger partial charge in [0.05, 0.1) is 6.54 Å². The molecule has 0 bridgehead atoms. The minimum Gasteiger partial charge on any atom is -0.449 e. The molecule has 1 fully saturated rings. The molecular formula is C16H13F2N3O2. The molecule has 2 aromatic rings. The van der Waals surface area contributed by atoms with Crippen LogP contribution in [0.4, 0.5) is 14.5 Å². The summed E-state index contributed by atoms with van der Waals surface area (Å²) >= 11 is 0. The molecule has 1 amide bonds. The van der Waals surface area contributed by atoms with Crippen LogP contribution in [0.1, 0.15) is 17.9 Å². The van der Waals surface area contributed by atoms with Crippen LogP contribution in [0.15, 0.2) is 34.7 Å². The van der Waals surface area contributed by atoms with Crippen LogP contribution < -0.4 is 10.2 Å². The van der Waals surface area contributed by atoms with E-state index in [4.69, 9.17) is 9.68 Å². The van der Waals surface area contributed by atoms with Crippen molar-refractivity contribution in [2.45, 2.75) is 19.0 Å². The third kappa shape index (κ3) is 3.07. The first-order valence-corrected chi connectivity index (χ1v) is 7.05. The molecule has 1 aromatic heterocycles. The highest BCUT2D eigenvalue weighted by molar-refractivity contribution is 5.96. The third-order valence-corrected chi connectivity index (χ3v) is 3.67. The highest BCUT2D eigenvalue weighted by Crippen LogP contribution is 2.27. The number of para-hydroxylation sites is 1. The number of amides is 1. The highest BCUT2D eigenvalue weighted by atomic mass is 19.1. The summed E-state index contributed by atoms with van der Waals surface area (Å²) in [4.78, 5) is 13.2. The van der Waals surface area contributed by atoms with Crippen molar-refractivity contribution < 1.29 is 18.0 Å². The summed E-state index contributed by atoms with van der Waals surface area (Å²) in [5, 5.41) is 11.8. The van der Waals surface area contributed by atoms with Crippen LogP contribution in [0.25, 0.3) is 0 Å². The molecule has 1 aromatic carbocycles. The van der Waals surface area contributed by atoms with Crippen LogP contribution in [0, 0.1) is 23.0 Å². The molecule has 0 aliphatic carbocycles. The maximum absolute atomic E-state index is 13.8. The molecule has 23 heavy (non-hydrogen) atoms. The van der Waals surface area contributed by atoms with Gasteiger partial charge >= 0.3 is 0 Å². The summed E-state index contributed by atoms with van der Waals surface area (Å²) in [7, 11) is 0. The van der Waals surface area contributed by atoms with Gasteiger partial charge in [-0.15, -0.1) is 0 Å². The van der Waals surface area contributed by atoms with E-state index in [1.165, 1.54) is 6.07 Å². The predicted molar refractivity (Wildman–Crippen MR) is 77.4 cm³/mol. The maximum Gasteiger partial charge on any atom is 0.228 e. The fourth-order valence-electron chi connectivity index (χ4n) is 2.59. The molecule has 5 nitrogen and oxygen atoms in total. The smallest absolute Gasteiger partial charge is 0.228 e. The first kappa shape index (κ1) is 15.2. The first-order valence-electron chi connectivity index (χ1n) is 7.05. The van der Waals surface area contributed by atoms with Crippen molar-refractivity contribution in [2.75, 3.05) is 11.4 Å². The summed E-state index contributed by atoms with van der Waals surface area (Å²) in [5.41, 5.74) is -0.313. The lowest BCUT2D eigenvalue weighted by Crippen LogP contribution is -2.33.